The smallest absolute Gasteiger partial charge is 0.218 e. The molecule has 1 aliphatic rings. The van der Waals surface area contributed by atoms with Crippen molar-refractivity contribution in [3.8, 4) is 5.88 Å². The molecule has 5 nitrogen and oxygen atoms in total. The molecule has 1 saturated heterocycles. The SMILES string of the molecule is CCOc1cc(NCC2NCCCC2(C)C)nc(C)n1. The summed E-state index contributed by atoms with van der Waals surface area (Å²) in [6.07, 6.45) is 2.52. The summed E-state index contributed by atoms with van der Waals surface area (Å²) in [5.41, 5.74) is 0.316. The number of aromatic nitrogens is 2. The Kier molecular flexibility index (Phi) is 4.81. The van der Waals surface area contributed by atoms with Crippen LogP contribution in [0.3, 0.4) is 0 Å². The summed E-state index contributed by atoms with van der Waals surface area (Å²) in [7, 11) is 0. The second kappa shape index (κ2) is 6.39. The number of nitrogens with zero attached hydrogens (tertiary/aromatic N) is 2. The summed E-state index contributed by atoms with van der Waals surface area (Å²) >= 11 is 0. The standard InChI is InChI=1S/C15H26N4O/c1-5-20-14-9-13(18-11(2)19-14)17-10-12-15(3,4)7-6-8-16-12/h9,12,16H,5-8,10H2,1-4H3,(H,17,18,19). The van der Waals surface area contributed by atoms with Crippen molar-refractivity contribution in [1.82, 2.24) is 15.3 Å². The van der Waals surface area contributed by atoms with Gasteiger partial charge in [-0.05, 0) is 38.6 Å². The van der Waals surface area contributed by atoms with Crippen LogP contribution in [0.5, 0.6) is 5.88 Å². The van der Waals surface area contributed by atoms with E-state index >= 15 is 0 Å². The Hall–Kier alpha value is -1.36. The van der Waals surface area contributed by atoms with Gasteiger partial charge in [0.1, 0.15) is 11.6 Å². The minimum Gasteiger partial charge on any atom is -0.478 e. The fraction of sp³-hybridized carbons (Fsp3) is 0.733. The first-order valence-electron chi connectivity index (χ1n) is 7.47. The van der Waals surface area contributed by atoms with Crippen molar-refractivity contribution in [3.63, 3.8) is 0 Å². The molecular formula is C15H26N4O. The largest absolute Gasteiger partial charge is 0.478 e. The number of ether oxygens (including phenoxy) is 1. The van der Waals surface area contributed by atoms with Gasteiger partial charge in [0.25, 0.3) is 0 Å². The molecule has 2 heterocycles. The fourth-order valence-electron chi connectivity index (χ4n) is 2.68. The highest BCUT2D eigenvalue weighted by molar-refractivity contribution is 5.38. The first-order chi connectivity index (χ1) is 9.51. The van der Waals surface area contributed by atoms with Crippen LogP contribution in [0.15, 0.2) is 6.07 Å². The van der Waals surface area contributed by atoms with Crippen molar-refractivity contribution in [3.05, 3.63) is 11.9 Å². The maximum Gasteiger partial charge on any atom is 0.218 e. The Bertz CT molecular complexity index is 447. The van der Waals surface area contributed by atoms with E-state index in [1.807, 2.05) is 19.9 Å². The van der Waals surface area contributed by atoms with Crippen molar-refractivity contribution in [1.29, 1.82) is 0 Å². The highest BCUT2D eigenvalue weighted by Gasteiger charge is 2.31. The molecule has 2 rings (SSSR count). The summed E-state index contributed by atoms with van der Waals surface area (Å²) in [4.78, 5) is 8.68. The molecule has 5 heteroatoms. The van der Waals surface area contributed by atoms with Crippen LogP contribution in [0.25, 0.3) is 0 Å². The monoisotopic (exact) mass is 278 g/mol. The zero-order chi connectivity index (χ0) is 14.6. The van der Waals surface area contributed by atoms with E-state index in [0.717, 1.165) is 24.7 Å². The number of nitrogens with one attached hydrogen (secondary N) is 2. The molecule has 1 aromatic rings. The molecule has 1 aromatic heterocycles. The van der Waals surface area contributed by atoms with Gasteiger partial charge in [0.15, 0.2) is 0 Å². The van der Waals surface area contributed by atoms with Crippen molar-refractivity contribution in [2.45, 2.75) is 46.6 Å². The Balaban J connectivity index is 1.99. The molecule has 2 N–H and O–H groups in total. The van der Waals surface area contributed by atoms with Gasteiger partial charge in [0.05, 0.1) is 6.61 Å². The molecule has 0 bridgehead atoms. The first-order valence-corrected chi connectivity index (χ1v) is 7.47. The van der Waals surface area contributed by atoms with Gasteiger partial charge in [-0.25, -0.2) is 4.98 Å². The summed E-state index contributed by atoms with van der Waals surface area (Å²) < 4.78 is 5.45. The minimum absolute atomic E-state index is 0.316. The maximum atomic E-state index is 5.45. The minimum atomic E-state index is 0.316. The van der Waals surface area contributed by atoms with Crippen LogP contribution in [-0.2, 0) is 0 Å². The van der Waals surface area contributed by atoms with E-state index in [-0.39, 0.29) is 0 Å². The van der Waals surface area contributed by atoms with E-state index in [2.05, 4.69) is 34.4 Å². The lowest BCUT2D eigenvalue weighted by atomic mass is 9.77. The predicted octanol–water partition coefficient (Wildman–Crippen LogP) is 2.37. The molecule has 0 aromatic carbocycles. The molecule has 0 saturated carbocycles. The normalized spacial score (nSPS) is 21.5. The van der Waals surface area contributed by atoms with Crippen LogP contribution >= 0.6 is 0 Å². The summed E-state index contributed by atoms with van der Waals surface area (Å²) in [6.45, 7) is 11.1. The number of anilines is 1. The van der Waals surface area contributed by atoms with Crippen LogP contribution in [-0.4, -0.2) is 35.7 Å². The topological polar surface area (TPSA) is 59.1 Å². The number of aryl methyl sites for hydroxylation is 1. The number of rotatable bonds is 5. The Morgan fingerprint density at radius 2 is 2.25 bits per heavy atom. The first kappa shape index (κ1) is 15.0. The highest BCUT2D eigenvalue weighted by atomic mass is 16.5. The third-order valence-electron chi connectivity index (χ3n) is 3.93. The van der Waals surface area contributed by atoms with Crippen LogP contribution in [0, 0.1) is 12.3 Å². The van der Waals surface area contributed by atoms with E-state index in [9.17, 15) is 0 Å². The molecule has 1 fully saturated rings. The van der Waals surface area contributed by atoms with Gasteiger partial charge >= 0.3 is 0 Å². The van der Waals surface area contributed by atoms with Crippen molar-refractivity contribution >= 4 is 5.82 Å². The second-order valence-corrected chi connectivity index (χ2v) is 6.05. The fourth-order valence-corrected chi connectivity index (χ4v) is 2.68. The Morgan fingerprint density at radius 1 is 1.45 bits per heavy atom. The second-order valence-electron chi connectivity index (χ2n) is 6.05. The molecule has 1 unspecified atom stereocenters. The van der Waals surface area contributed by atoms with Crippen molar-refractivity contribution in [2.24, 2.45) is 5.41 Å². The average Bonchev–Trinajstić information content (AvgIpc) is 2.37. The highest BCUT2D eigenvalue weighted by Crippen LogP contribution is 2.30. The lowest BCUT2D eigenvalue weighted by Crippen LogP contribution is -2.50. The number of piperidine rings is 1. The lowest BCUT2D eigenvalue weighted by Gasteiger charge is -2.39. The molecule has 1 aliphatic heterocycles. The molecule has 0 amide bonds. The van der Waals surface area contributed by atoms with E-state index in [1.165, 1.54) is 12.8 Å². The molecule has 112 valence electrons. The van der Waals surface area contributed by atoms with Gasteiger partial charge in [0, 0.05) is 18.7 Å². The molecule has 0 radical (unpaired) electrons. The molecule has 0 aliphatic carbocycles. The lowest BCUT2D eigenvalue weighted by molar-refractivity contribution is 0.188. The van der Waals surface area contributed by atoms with Gasteiger partial charge < -0.3 is 15.4 Å². The molecular weight excluding hydrogens is 252 g/mol. The van der Waals surface area contributed by atoms with Gasteiger partial charge in [-0.15, -0.1) is 0 Å². The van der Waals surface area contributed by atoms with Gasteiger partial charge in [0.2, 0.25) is 5.88 Å². The van der Waals surface area contributed by atoms with Crippen LogP contribution in [0.1, 0.15) is 39.4 Å². The third-order valence-corrected chi connectivity index (χ3v) is 3.93. The van der Waals surface area contributed by atoms with E-state index in [1.54, 1.807) is 0 Å². The molecule has 1 atom stereocenters. The quantitative estimate of drug-likeness (QED) is 0.866. The molecule has 20 heavy (non-hydrogen) atoms. The van der Waals surface area contributed by atoms with Crippen LogP contribution < -0.4 is 15.4 Å². The van der Waals surface area contributed by atoms with Crippen LogP contribution in [0.4, 0.5) is 5.82 Å². The van der Waals surface area contributed by atoms with Crippen LogP contribution in [0.2, 0.25) is 0 Å². The maximum absolute atomic E-state index is 5.45. The molecule has 0 spiro atoms. The average molecular weight is 278 g/mol. The van der Waals surface area contributed by atoms with E-state index < -0.39 is 0 Å². The zero-order valence-corrected chi connectivity index (χ0v) is 13.0. The van der Waals surface area contributed by atoms with E-state index in [0.29, 0.717) is 23.9 Å². The Morgan fingerprint density at radius 3 is 2.95 bits per heavy atom. The summed E-state index contributed by atoms with van der Waals surface area (Å²) in [5.74, 6) is 2.21. The van der Waals surface area contributed by atoms with Gasteiger partial charge in [-0.1, -0.05) is 13.8 Å². The van der Waals surface area contributed by atoms with Gasteiger partial charge in [-0.3, -0.25) is 0 Å². The summed E-state index contributed by atoms with van der Waals surface area (Å²) in [6, 6.07) is 2.33. The Labute approximate surface area is 121 Å². The predicted molar refractivity (Wildman–Crippen MR) is 81.2 cm³/mol. The number of hydrogen-bond donors (Lipinski definition) is 2. The zero-order valence-electron chi connectivity index (χ0n) is 13.0. The summed E-state index contributed by atoms with van der Waals surface area (Å²) in [5, 5.41) is 7.01. The van der Waals surface area contributed by atoms with Crippen molar-refractivity contribution < 1.29 is 4.74 Å². The van der Waals surface area contributed by atoms with Gasteiger partial charge in [-0.2, -0.15) is 4.98 Å². The number of hydrogen-bond acceptors (Lipinski definition) is 5. The van der Waals surface area contributed by atoms with Crippen molar-refractivity contribution in [2.75, 3.05) is 25.0 Å². The van der Waals surface area contributed by atoms with E-state index in [4.69, 9.17) is 4.74 Å². The third kappa shape index (κ3) is 3.82.